The van der Waals surface area contributed by atoms with Crippen LogP contribution in [0.15, 0.2) is 48.5 Å². The van der Waals surface area contributed by atoms with Crippen molar-refractivity contribution in [2.45, 2.75) is 13.5 Å². The van der Waals surface area contributed by atoms with Gasteiger partial charge in [0.25, 0.3) is 0 Å². The predicted octanol–water partition coefficient (Wildman–Crippen LogP) is 3.38. The third-order valence-corrected chi connectivity index (χ3v) is 3.12. The molecule has 2 aromatic rings. The lowest BCUT2D eigenvalue weighted by atomic mass is 10.1. The van der Waals surface area contributed by atoms with Crippen molar-refractivity contribution >= 4 is 23.2 Å². The Morgan fingerprint density at radius 1 is 1.15 bits per heavy atom. The minimum Gasteiger partial charge on any atom is -0.376 e. The van der Waals surface area contributed by atoms with Crippen molar-refractivity contribution in [3.8, 4) is 0 Å². The molecule has 0 atom stereocenters. The second-order valence-corrected chi connectivity index (χ2v) is 5.06. The smallest absolute Gasteiger partial charge is 0.239 e. The molecule has 0 aliphatic carbocycles. The molecule has 1 amide bonds. The largest absolute Gasteiger partial charge is 0.376 e. The summed E-state index contributed by atoms with van der Waals surface area (Å²) in [6, 6.07) is 15.3. The molecule has 0 aliphatic rings. The standard InChI is InChI=1S/C16H17ClN2O/c1-12-3-2-4-13(9-12)10-19-16(20)11-18-15-7-5-14(17)6-8-15/h2-9,18H,10-11H2,1H3,(H,19,20). The lowest BCUT2D eigenvalue weighted by Crippen LogP contribution is -2.29. The van der Waals surface area contributed by atoms with Crippen LogP contribution in [0.2, 0.25) is 5.02 Å². The van der Waals surface area contributed by atoms with Gasteiger partial charge in [0.1, 0.15) is 0 Å². The van der Waals surface area contributed by atoms with E-state index in [9.17, 15) is 4.79 Å². The Balaban J connectivity index is 1.77. The minimum atomic E-state index is -0.0403. The zero-order valence-electron chi connectivity index (χ0n) is 11.3. The second-order valence-electron chi connectivity index (χ2n) is 4.63. The number of carbonyl (C=O) groups is 1. The highest BCUT2D eigenvalue weighted by atomic mass is 35.5. The van der Waals surface area contributed by atoms with Crippen molar-refractivity contribution in [3.63, 3.8) is 0 Å². The third kappa shape index (κ3) is 4.59. The monoisotopic (exact) mass is 288 g/mol. The molecule has 0 aromatic heterocycles. The van der Waals surface area contributed by atoms with Crippen LogP contribution in [0.1, 0.15) is 11.1 Å². The van der Waals surface area contributed by atoms with Crippen molar-refractivity contribution in [2.24, 2.45) is 0 Å². The summed E-state index contributed by atoms with van der Waals surface area (Å²) in [6.45, 7) is 2.82. The van der Waals surface area contributed by atoms with Crippen LogP contribution >= 0.6 is 11.6 Å². The molecule has 0 saturated heterocycles. The van der Waals surface area contributed by atoms with Gasteiger partial charge in [-0.05, 0) is 36.8 Å². The van der Waals surface area contributed by atoms with E-state index >= 15 is 0 Å². The van der Waals surface area contributed by atoms with Crippen LogP contribution in [0.4, 0.5) is 5.69 Å². The number of halogens is 1. The van der Waals surface area contributed by atoms with Gasteiger partial charge in [-0.15, -0.1) is 0 Å². The quantitative estimate of drug-likeness (QED) is 0.885. The number of amides is 1. The van der Waals surface area contributed by atoms with Crippen LogP contribution in [0.3, 0.4) is 0 Å². The first kappa shape index (κ1) is 14.4. The fourth-order valence-corrected chi connectivity index (χ4v) is 1.96. The Hall–Kier alpha value is -2.00. The van der Waals surface area contributed by atoms with Crippen LogP contribution in [0.25, 0.3) is 0 Å². The predicted molar refractivity (Wildman–Crippen MR) is 83.0 cm³/mol. The van der Waals surface area contributed by atoms with E-state index < -0.39 is 0 Å². The highest BCUT2D eigenvalue weighted by Gasteiger charge is 2.01. The van der Waals surface area contributed by atoms with Crippen molar-refractivity contribution in [3.05, 3.63) is 64.7 Å². The Labute approximate surface area is 124 Å². The molecule has 0 aliphatic heterocycles. The molecule has 2 rings (SSSR count). The first-order chi connectivity index (χ1) is 9.63. The molecule has 0 radical (unpaired) electrons. The van der Waals surface area contributed by atoms with Gasteiger partial charge >= 0.3 is 0 Å². The molecule has 20 heavy (non-hydrogen) atoms. The van der Waals surface area contributed by atoms with Crippen molar-refractivity contribution in [1.82, 2.24) is 5.32 Å². The summed E-state index contributed by atoms with van der Waals surface area (Å²) in [7, 11) is 0. The molecule has 0 bridgehead atoms. The Morgan fingerprint density at radius 2 is 1.90 bits per heavy atom. The molecular formula is C16H17ClN2O. The van der Waals surface area contributed by atoms with E-state index in [1.54, 1.807) is 12.1 Å². The summed E-state index contributed by atoms with van der Waals surface area (Å²) in [5.41, 5.74) is 3.17. The average Bonchev–Trinajstić information content (AvgIpc) is 2.45. The molecule has 3 nitrogen and oxygen atoms in total. The van der Waals surface area contributed by atoms with E-state index in [2.05, 4.69) is 16.7 Å². The maximum absolute atomic E-state index is 11.7. The molecule has 104 valence electrons. The number of carbonyl (C=O) groups excluding carboxylic acids is 1. The first-order valence-corrected chi connectivity index (χ1v) is 6.83. The highest BCUT2D eigenvalue weighted by molar-refractivity contribution is 6.30. The summed E-state index contributed by atoms with van der Waals surface area (Å²) in [4.78, 5) is 11.7. The molecule has 4 heteroatoms. The first-order valence-electron chi connectivity index (χ1n) is 6.45. The SMILES string of the molecule is Cc1cccc(CNC(=O)CNc2ccc(Cl)cc2)c1. The molecule has 2 aromatic carbocycles. The van der Waals surface area contributed by atoms with Gasteiger partial charge in [0, 0.05) is 17.3 Å². The maximum Gasteiger partial charge on any atom is 0.239 e. The number of aryl methyl sites for hydroxylation is 1. The van der Waals surface area contributed by atoms with E-state index in [4.69, 9.17) is 11.6 Å². The van der Waals surface area contributed by atoms with E-state index in [0.717, 1.165) is 11.3 Å². The van der Waals surface area contributed by atoms with Crippen LogP contribution in [0, 0.1) is 6.92 Å². The fourth-order valence-electron chi connectivity index (χ4n) is 1.84. The average molecular weight is 289 g/mol. The van der Waals surface area contributed by atoms with Crippen molar-refractivity contribution in [2.75, 3.05) is 11.9 Å². The zero-order chi connectivity index (χ0) is 14.4. The summed E-state index contributed by atoms with van der Waals surface area (Å²) >= 11 is 5.80. The number of benzene rings is 2. The fraction of sp³-hybridized carbons (Fsp3) is 0.188. The number of hydrogen-bond donors (Lipinski definition) is 2. The molecule has 0 spiro atoms. The van der Waals surface area contributed by atoms with Crippen molar-refractivity contribution < 1.29 is 4.79 Å². The summed E-state index contributed by atoms with van der Waals surface area (Å²) in [5, 5.41) is 6.61. The number of anilines is 1. The van der Waals surface area contributed by atoms with Gasteiger partial charge < -0.3 is 10.6 Å². The number of nitrogens with one attached hydrogen (secondary N) is 2. The lowest BCUT2D eigenvalue weighted by Gasteiger charge is -2.08. The summed E-state index contributed by atoms with van der Waals surface area (Å²) < 4.78 is 0. The van der Waals surface area contributed by atoms with Crippen LogP contribution < -0.4 is 10.6 Å². The van der Waals surface area contributed by atoms with E-state index in [1.807, 2.05) is 37.3 Å². The minimum absolute atomic E-state index is 0.0403. The molecule has 0 heterocycles. The van der Waals surface area contributed by atoms with Gasteiger partial charge in [0.15, 0.2) is 0 Å². The molecule has 0 saturated carbocycles. The van der Waals surface area contributed by atoms with Gasteiger partial charge in [-0.3, -0.25) is 4.79 Å². The molecule has 0 fully saturated rings. The highest BCUT2D eigenvalue weighted by Crippen LogP contribution is 2.12. The number of hydrogen-bond acceptors (Lipinski definition) is 2. The van der Waals surface area contributed by atoms with Gasteiger partial charge in [-0.1, -0.05) is 41.4 Å². The van der Waals surface area contributed by atoms with Crippen molar-refractivity contribution in [1.29, 1.82) is 0 Å². The van der Waals surface area contributed by atoms with E-state index in [0.29, 0.717) is 11.6 Å². The summed E-state index contributed by atoms with van der Waals surface area (Å²) in [5.74, 6) is -0.0403. The van der Waals surface area contributed by atoms with Crippen LogP contribution in [0.5, 0.6) is 0 Å². The number of rotatable bonds is 5. The summed E-state index contributed by atoms with van der Waals surface area (Å²) in [6.07, 6.45) is 0. The topological polar surface area (TPSA) is 41.1 Å². The zero-order valence-corrected chi connectivity index (χ0v) is 12.1. The van der Waals surface area contributed by atoms with Gasteiger partial charge in [0.2, 0.25) is 5.91 Å². The van der Waals surface area contributed by atoms with E-state index in [1.165, 1.54) is 5.56 Å². The van der Waals surface area contributed by atoms with Crippen LogP contribution in [-0.2, 0) is 11.3 Å². The van der Waals surface area contributed by atoms with Gasteiger partial charge in [-0.25, -0.2) is 0 Å². The van der Waals surface area contributed by atoms with E-state index in [-0.39, 0.29) is 12.5 Å². The molecule has 2 N–H and O–H groups in total. The van der Waals surface area contributed by atoms with Gasteiger partial charge in [-0.2, -0.15) is 0 Å². The van der Waals surface area contributed by atoms with Crippen LogP contribution in [-0.4, -0.2) is 12.5 Å². The van der Waals surface area contributed by atoms with Gasteiger partial charge in [0.05, 0.1) is 6.54 Å². The normalized spacial score (nSPS) is 10.1. The Bertz CT molecular complexity index is 581. The second kappa shape index (κ2) is 6.96. The Kier molecular flexibility index (Phi) is 5.02. The third-order valence-electron chi connectivity index (χ3n) is 2.87. The Morgan fingerprint density at radius 3 is 2.60 bits per heavy atom. The maximum atomic E-state index is 11.7. The lowest BCUT2D eigenvalue weighted by molar-refractivity contribution is -0.119. The molecule has 0 unspecified atom stereocenters. The molecular weight excluding hydrogens is 272 g/mol.